The van der Waals surface area contributed by atoms with Gasteiger partial charge in [0.25, 0.3) is 0 Å². The Bertz CT molecular complexity index is 253. The van der Waals surface area contributed by atoms with Crippen LogP contribution in [0.5, 0.6) is 0 Å². The lowest BCUT2D eigenvalue weighted by molar-refractivity contribution is 0.0700. The van der Waals surface area contributed by atoms with Crippen LogP contribution in [0, 0.1) is 0 Å². The van der Waals surface area contributed by atoms with Crippen molar-refractivity contribution in [3.05, 3.63) is 12.2 Å². The number of aromatic nitrogens is 3. The normalized spacial score (nSPS) is 12.8. The zero-order chi connectivity index (χ0) is 8.97. The van der Waals surface area contributed by atoms with Gasteiger partial charge in [0.2, 0.25) is 5.95 Å². The standard InChI is InChI=1S/C7H12N4O/c1-3-12-5(2)6-9-4-10-7(8)11-6/h4-5H,3H2,1-2H3,(H2,8,9,10,11). The highest BCUT2D eigenvalue weighted by atomic mass is 16.5. The second-order valence-corrected chi connectivity index (χ2v) is 2.30. The summed E-state index contributed by atoms with van der Waals surface area (Å²) in [5.41, 5.74) is 5.37. The Hall–Kier alpha value is -1.23. The first-order chi connectivity index (χ1) is 5.74. The first kappa shape index (κ1) is 8.86. The van der Waals surface area contributed by atoms with Crippen LogP contribution in [0.3, 0.4) is 0 Å². The van der Waals surface area contributed by atoms with Crippen LogP contribution in [0.25, 0.3) is 0 Å². The first-order valence-corrected chi connectivity index (χ1v) is 3.80. The van der Waals surface area contributed by atoms with Gasteiger partial charge in [-0.25, -0.2) is 9.97 Å². The number of hydrogen-bond acceptors (Lipinski definition) is 5. The third kappa shape index (κ3) is 2.13. The minimum Gasteiger partial charge on any atom is -0.371 e. The van der Waals surface area contributed by atoms with Crippen molar-refractivity contribution in [2.24, 2.45) is 0 Å². The fourth-order valence-corrected chi connectivity index (χ4v) is 0.843. The van der Waals surface area contributed by atoms with Crippen LogP contribution in [0.1, 0.15) is 25.8 Å². The lowest BCUT2D eigenvalue weighted by atomic mass is 10.4. The Morgan fingerprint density at radius 3 is 2.92 bits per heavy atom. The van der Waals surface area contributed by atoms with Crippen molar-refractivity contribution in [1.29, 1.82) is 0 Å². The van der Waals surface area contributed by atoms with Gasteiger partial charge >= 0.3 is 0 Å². The van der Waals surface area contributed by atoms with E-state index in [1.165, 1.54) is 6.33 Å². The van der Waals surface area contributed by atoms with Crippen LogP contribution in [0.4, 0.5) is 5.95 Å². The topological polar surface area (TPSA) is 73.9 Å². The predicted molar refractivity (Wildman–Crippen MR) is 44.3 cm³/mol. The zero-order valence-electron chi connectivity index (χ0n) is 7.19. The molecule has 0 saturated carbocycles. The lowest BCUT2D eigenvalue weighted by Crippen LogP contribution is -2.07. The quantitative estimate of drug-likeness (QED) is 0.713. The van der Waals surface area contributed by atoms with E-state index in [0.29, 0.717) is 12.4 Å². The van der Waals surface area contributed by atoms with Crippen molar-refractivity contribution in [2.75, 3.05) is 12.3 Å². The second kappa shape index (κ2) is 3.96. The van der Waals surface area contributed by atoms with Gasteiger partial charge < -0.3 is 10.5 Å². The molecule has 12 heavy (non-hydrogen) atoms. The van der Waals surface area contributed by atoms with Crippen LogP contribution in [0.2, 0.25) is 0 Å². The van der Waals surface area contributed by atoms with Gasteiger partial charge in [0, 0.05) is 6.61 Å². The molecular formula is C7H12N4O. The van der Waals surface area contributed by atoms with Crippen molar-refractivity contribution in [3.8, 4) is 0 Å². The van der Waals surface area contributed by atoms with Crippen molar-refractivity contribution in [1.82, 2.24) is 15.0 Å². The average molecular weight is 168 g/mol. The molecule has 1 aromatic rings. The maximum Gasteiger partial charge on any atom is 0.223 e. The zero-order valence-corrected chi connectivity index (χ0v) is 7.19. The van der Waals surface area contributed by atoms with Gasteiger partial charge in [-0.1, -0.05) is 0 Å². The molecule has 0 aromatic carbocycles. The predicted octanol–water partition coefficient (Wildman–Crippen LogP) is 0.551. The maximum atomic E-state index is 5.37. The first-order valence-electron chi connectivity index (χ1n) is 3.80. The Balaban J connectivity index is 2.73. The molecule has 1 rings (SSSR count). The van der Waals surface area contributed by atoms with E-state index in [-0.39, 0.29) is 12.1 Å². The molecule has 5 heteroatoms. The van der Waals surface area contributed by atoms with Crippen molar-refractivity contribution < 1.29 is 4.74 Å². The highest BCUT2D eigenvalue weighted by Gasteiger charge is 2.07. The summed E-state index contributed by atoms with van der Waals surface area (Å²) in [6.07, 6.45) is 1.26. The van der Waals surface area contributed by atoms with Crippen LogP contribution < -0.4 is 5.73 Å². The molecule has 1 unspecified atom stereocenters. The van der Waals surface area contributed by atoms with E-state index in [4.69, 9.17) is 10.5 Å². The van der Waals surface area contributed by atoms with E-state index in [1.807, 2.05) is 13.8 Å². The van der Waals surface area contributed by atoms with Gasteiger partial charge in [0.15, 0.2) is 5.82 Å². The highest BCUT2D eigenvalue weighted by Crippen LogP contribution is 2.10. The largest absolute Gasteiger partial charge is 0.371 e. The molecule has 66 valence electrons. The second-order valence-electron chi connectivity index (χ2n) is 2.30. The monoisotopic (exact) mass is 168 g/mol. The van der Waals surface area contributed by atoms with Gasteiger partial charge in [-0.15, -0.1) is 0 Å². The molecule has 0 saturated heterocycles. The Morgan fingerprint density at radius 2 is 2.33 bits per heavy atom. The molecule has 1 atom stereocenters. The fraction of sp³-hybridized carbons (Fsp3) is 0.571. The van der Waals surface area contributed by atoms with Gasteiger partial charge in [0.05, 0.1) is 0 Å². The summed E-state index contributed by atoms with van der Waals surface area (Å²) in [5, 5.41) is 0. The summed E-state index contributed by atoms with van der Waals surface area (Å²) in [5.74, 6) is 0.802. The SMILES string of the molecule is CCOC(C)c1ncnc(N)n1. The molecule has 0 aliphatic heterocycles. The third-order valence-electron chi connectivity index (χ3n) is 1.39. The van der Waals surface area contributed by atoms with Crippen molar-refractivity contribution in [2.45, 2.75) is 20.0 Å². The van der Waals surface area contributed by atoms with E-state index >= 15 is 0 Å². The lowest BCUT2D eigenvalue weighted by Gasteiger charge is -2.08. The summed E-state index contributed by atoms with van der Waals surface area (Å²) >= 11 is 0. The van der Waals surface area contributed by atoms with Crippen molar-refractivity contribution in [3.63, 3.8) is 0 Å². The van der Waals surface area contributed by atoms with E-state index in [9.17, 15) is 0 Å². The number of nitrogens with two attached hydrogens (primary N) is 1. The molecular weight excluding hydrogens is 156 g/mol. The van der Waals surface area contributed by atoms with Crippen LogP contribution in [-0.2, 0) is 4.74 Å². The average Bonchev–Trinajstić information content (AvgIpc) is 2.05. The van der Waals surface area contributed by atoms with Crippen LogP contribution >= 0.6 is 0 Å². The molecule has 5 nitrogen and oxygen atoms in total. The van der Waals surface area contributed by atoms with Crippen molar-refractivity contribution >= 4 is 5.95 Å². The maximum absolute atomic E-state index is 5.37. The van der Waals surface area contributed by atoms with Crippen LogP contribution in [0.15, 0.2) is 6.33 Å². The third-order valence-corrected chi connectivity index (χ3v) is 1.39. The number of nitrogen functional groups attached to an aromatic ring is 1. The summed E-state index contributed by atoms with van der Waals surface area (Å²) in [6.45, 7) is 4.42. The van der Waals surface area contributed by atoms with E-state index in [0.717, 1.165) is 0 Å². The van der Waals surface area contributed by atoms with Gasteiger partial charge in [-0.05, 0) is 13.8 Å². The molecule has 0 aliphatic rings. The highest BCUT2D eigenvalue weighted by molar-refractivity contribution is 5.13. The number of anilines is 1. The van der Waals surface area contributed by atoms with E-state index in [2.05, 4.69) is 15.0 Å². The molecule has 2 N–H and O–H groups in total. The smallest absolute Gasteiger partial charge is 0.223 e. The molecule has 0 amide bonds. The summed E-state index contributed by atoms with van der Waals surface area (Å²) < 4.78 is 5.27. The summed E-state index contributed by atoms with van der Waals surface area (Å²) in [4.78, 5) is 11.5. The molecule has 0 aliphatic carbocycles. The number of ether oxygens (including phenoxy) is 1. The Morgan fingerprint density at radius 1 is 1.58 bits per heavy atom. The molecule has 1 heterocycles. The number of nitrogens with zero attached hydrogens (tertiary/aromatic N) is 3. The number of rotatable bonds is 3. The summed E-state index contributed by atoms with van der Waals surface area (Å²) in [7, 11) is 0. The minimum absolute atomic E-state index is 0.125. The Labute approximate surface area is 71.0 Å². The van der Waals surface area contributed by atoms with Gasteiger partial charge in [-0.3, -0.25) is 0 Å². The molecule has 0 bridgehead atoms. The van der Waals surface area contributed by atoms with E-state index in [1.54, 1.807) is 0 Å². The van der Waals surface area contributed by atoms with Gasteiger partial charge in [0.1, 0.15) is 12.4 Å². The Kier molecular flexibility index (Phi) is 2.93. The molecule has 0 fully saturated rings. The fourth-order valence-electron chi connectivity index (χ4n) is 0.843. The van der Waals surface area contributed by atoms with Crippen LogP contribution in [-0.4, -0.2) is 21.6 Å². The number of hydrogen-bond donors (Lipinski definition) is 1. The van der Waals surface area contributed by atoms with E-state index < -0.39 is 0 Å². The summed E-state index contributed by atoms with van der Waals surface area (Å²) in [6, 6.07) is 0. The molecule has 1 aromatic heterocycles. The molecule has 0 radical (unpaired) electrons. The molecule has 0 spiro atoms. The van der Waals surface area contributed by atoms with Gasteiger partial charge in [-0.2, -0.15) is 4.98 Å². The minimum atomic E-state index is -0.125.